The Hall–Kier alpha value is -0.970. The Labute approximate surface area is 172 Å². The number of carboxylic acids is 1. The molecule has 1 N–H and O–H groups in total. The molecule has 1 heterocycles. The fraction of sp³-hybridized carbons (Fsp3) is 0.316. The molecule has 3 rings (SSSR count). The molecule has 1 aliphatic heterocycles. The number of benzene rings is 2. The SMILES string of the molecule is O=C(O)C1CCN(C(c2cccc(Cl)c2Cl)c2cccc(Cl)c2Cl)CC1. The van der Waals surface area contributed by atoms with Gasteiger partial charge in [0.05, 0.1) is 32.1 Å². The van der Waals surface area contributed by atoms with E-state index < -0.39 is 5.97 Å². The molecule has 1 aliphatic rings. The number of likely N-dealkylation sites (tertiary alicyclic amines) is 1. The van der Waals surface area contributed by atoms with Crippen molar-refractivity contribution in [1.29, 1.82) is 0 Å². The van der Waals surface area contributed by atoms with E-state index in [2.05, 4.69) is 4.90 Å². The van der Waals surface area contributed by atoms with Gasteiger partial charge in [-0.25, -0.2) is 0 Å². The molecule has 0 radical (unpaired) electrons. The molecule has 138 valence electrons. The highest BCUT2D eigenvalue weighted by molar-refractivity contribution is 6.43. The first-order chi connectivity index (χ1) is 12.4. The number of carboxylic acid groups (broad SMARTS) is 1. The summed E-state index contributed by atoms with van der Waals surface area (Å²) in [4.78, 5) is 13.5. The van der Waals surface area contributed by atoms with Crippen LogP contribution in [0.4, 0.5) is 0 Å². The van der Waals surface area contributed by atoms with E-state index in [-0.39, 0.29) is 12.0 Å². The number of aliphatic carboxylic acids is 1. The van der Waals surface area contributed by atoms with Crippen LogP contribution >= 0.6 is 46.4 Å². The van der Waals surface area contributed by atoms with E-state index in [4.69, 9.17) is 46.4 Å². The highest BCUT2D eigenvalue weighted by Gasteiger charge is 2.32. The molecule has 2 aromatic rings. The monoisotopic (exact) mass is 431 g/mol. The second-order valence-corrected chi connectivity index (χ2v) is 7.91. The summed E-state index contributed by atoms with van der Waals surface area (Å²) in [5.41, 5.74) is 1.66. The number of piperidine rings is 1. The lowest BCUT2D eigenvalue weighted by Crippen LogP contribution is -2.39. The molecule has 3 nitrogen and oxygen atoms in total. The van der Waals surface area contributed by atoms with E-state index in [0.717, 1.165) is 11.1 Å². The number of hydrogen-bond acceptors (Lipinski definition) is 2. The van der Waals surface area contributed by atoms with Crippen LogP contribution in [0.1, 0.15) is 30.0 Å². The van der Waals surface area contributed by atoms with Gasteiger partial charge in [-0.1, -0.05) is 70.7 Å². The van der Waals surface area contributed by atoms with Crippen LogP contribution < -0.4 is 0 Å². The summed E-state index contributed by atoms with van der Waals surface area (Å²) in [6.45, 7) is 1.24. The zero-order valence-electron chi connectivity index (χ0n) is 13.8. The van der Waals surface area contributed by atoms with Crippen LogP contribution in [0, 0.1) is 5.92 Å². The molecule has 0 saturated carbocycles. The van der Waals surface area contributed by atoms with Crippen LogP contribution in [0.25, 0.3) is 0 Å². The van der Waals surface area contributed by atoms with E-state index >= 15 is 0 Å². The van der Waals surface area contributed by atoms with Crippen molar-refractivity contribution in [1.82, 2.24) is 4.90 Å². The standard InChI is InChI=1S/C19H17Cl4NO2/c20-14-5-1-3-12(16(14)22)18(13-4-2-6-15(21)17(13)23)24-9-7-11(8-10-24)19(25)26/h1-6,11,18H,7-10H2,(H,25,26). The Morgan fingerprint density at radius 2 is 1.38 bits per heavy atom. The zero-order valence-corrected chi connectivity index (χ0v) is 16.8. The third-order valence-electron chi connectivity index (χ3n) is 4.80. The molecule has 0 aliphatic carbocycles. The van der Waals surface area contributed by atoms with Gasteiger partial charge < -0.3 is 5.11 Å². The quantitative estimate of drug-likeness (QED) is 0.626. The summed E-state index contributed by atoms with van der Waals surface area (Å²) in [6.07, 6.45) is 1.14. The Kier molecular flexibility index (Phi) is 6.37. The first kappa shape index (κ1) is 19.8. The van der Waals surface area contributed by atoms with E-state index in [9.17, 15) is 9.90 Å². The van der Waals surface area contributed by atoms with Crippen molar-refractivity contribution in [3.63, 3.8) is 0 Å². The Bertz CT molecular complexity index is 768. The van der Waals surface area contributed by atoms with Gasteiger partial charge in [0.15, 0.2) is 0 Å². The number of halogens is 4. The predicted molar refractivity (Wildman–Crippen MR) is 107 cm³/mol. The van der Waals surface area contributed by atoms with E-state index in [1.165, 1.54) is 0 Å². The molecule has 1 fully saturated rings. The second-order valence-electron chi connectivity index (χ2n) is 6.34. The fourth-order valence-corrected chi connectivity index (χ4v) is 4.25. The van der Waals surface area contributed by atoms with Crippen molar-refractivity contribution in [2.75, 3.05) is 13.1 Å². The molecule has 0 spiro atoms. The summed E-state index contributed by atoms with van der Waals surface area (Å²) in [6, 6.07) is 10.8. The maximum absolute atomic E-state index is 11.3. The van der Waals surface area contributed by atoms with E-state index in [1.807, 2.05) is 24.3 Å². The summed E-state index contributed by atoms with van der Waals surface area (Å²) >= 11 is 25.5. The smallest absolute Gasteiger partial charge is 0.306 e. The van der Waals surface area contributed by atoms with Gasteiger partial charge in [0.2, 0.25) is 0 Å². The molecule has 7 heteroatoms. The normalized spacial score (nSPS) is 16.2. The van der Waals surface area contributed by atoms with Gasteiger partial charge in [-0.3, -0.25) is 9.69 Å². The average molecular weight is 433 g/mol. The predicted octanol–water partition coefficient (Wildman–Crippen LogP) is 6.19. The number of carbonyl (C=O) groups is 1. The molecule has 26 heavy (non-hydrogen) atoms. The lowest BCUT2D eigenvalue weighted by molar-refractivity contribution is -0.143. The van der Waals surface area contributed by atoms with Crippen LogP contribution in [0.2, 0.25) is 20.1 Å². The van der Waals surface area contributed by atoms with Crippen LogP contribution in [0.5, 0.6) is 0 Å². The number of nitrogens with zero attached hydrogens (tertiary/aromatic N) is 1. The van der Waals surface area contributed by atoms with Gasteiger partial charge in [0.1, 0.15) is 0 Å². The molecule has 1 saturated heterocycles. The minimum absolute atomic E-state index is 0.248. The molecule has 2 aromatic carbocycles. The van der Waals surface area contributed by atoms with Crippen LogP contribution in [0.3, 0.4) is 0 Å². The van der Waals surface area contributed by atoms with Crippen molar-refractivity contribution >= 4 is 52.4 Å². The fourth-order valence-electron chi connectivity index (χ4n) is 3.43. The van der Waals surface area contributed by atoms with Gasteiger partial charge in [-0.05, 0) is 49.2 Å². The maximum Gasteiger partial charge on any atom is 0.306 e. The van der Waals surface area contributed by atoms with E-state index in [1.54, 1.807) is 12.1 Å². The maximum atomic E-state index is 11.3. The van der Waals surface area contributed by atoms with E-state index in [0.29, 0.717) is 46.0 Å². The lowest BCUT2D eigenvalue weighted by atomic mass is 9.91. The molecular formula is C19H17Cl4NO2. The topological polar surface area (TPSA) is 40.5 Å². The summed E-state index contributed by atoms with van der Waals surface area (Å²) in [5, 5.41) is 11.1. The Morgan fingerprint density at radius 3 is 1.81 bits per heavy atom. The first-order valence-electron chi connectivity index (χ1n) is 8.24. The van der Waals surface area contributed by atoms with Gasteiger partial charge in [0.25, 0.3) is 0 Å². The van der Waals surface area contributed by atoms with Gasteiger partial charge >= 0.3 is 5.97 Å². The number of rotatable bonds is 4. The Morgan fingerprint density at radius 1 is 0.923 bits per heavy atom. The molecule has 0 unspecified atom stereocenters. The molecule has 0 aromatic heterocycles. The summed E-state index contributed by atoms with van der Waals surface area (Å²) in [5.74, 6) is -1.07. The molecule has 0 bridgehead atoms. The minimum atomic E-state index is -0.747. The summed E-state index contributed by atoms with van der Waals surface area (Å²) < 4.78 is 0. The molecule has 0 amide bonds. The van der Waals surface area contributed by atoms with Crippen molar-refractivity contribution in [3.8, 4) is 0 Å². The third kappa shape index (κ3) is 3.97. The largest absolute Gasteiger partial charge is 0.481 e. The van der Waals surface area contributed by atoms with Gasteiger partial charge in [-0.2, -0.15) is 0 Å². The average Bonchev–Trinajstić information content (AvgIpc) is 2.63. The lowest BCUT2D eigenvalue weighted by Gasteiger charge is -2.38. The van der Waals surface area contributed by atoms with Crippen LogP contribution in [0.15, 0.2) is 36.4 Å². The summed E-state index contributed by atoms with van der Waals surface area (Å²) in [7, 11) is 0. The van der Waals surface area contributed by atoms with Crippen LogP contribution in [-0.2, 0) is 4.79 Å². The van der Waals surface area contributed by atoms with Crippen molar-refractivity contribution < 1.29 is 9.90 Å². The van der Waals surface area contributed by atoms with Gasteiger partial charge in [-0.15, -0.1) is 0 Å². The van der Waals surface area contributed by atoms with Crippen LogP contribution in [-0.4, -0.2) is 29.1 Å². The van der Waals surface area contributed by atoms with Crippen molar-refractivity contribution in [2.24, 2.45) is 5.92 Å². The highest BCUT2D eigenvalue weighted by Crippen LogP contribution is 2.42. The van der Waals surface area contributed by atoms with Crippen molar-refractivity contribution in [2.45, 2.75) is 18.9 Å². The first-order valence-corrected chi connectivity index (χ1v) is 9.76. The molecule has 0 atom stereocenters. The Balaban J connectivity index is 2.04. The number of hydrogen-bond donors (Lipinski definition) is 1. The third-order valence-corrected chi connectivity index (χ3v) is 6.46. The highest BCUT2D eigenvalue weighted by atomic mass is 35.5. The second kappa shape index (κ2) is 8.37. The minimum Gasteiger partial charge on any atom is -0.481 e. The zero-order chi connectivity index (χ0) is 18.8. The van der Waals surface area contributed by atoms with Gasteiger partial charge in [0, 0.05) is 0 Å². The molecular weight excluding hydrogens is 416 g/mol. The van der Waals surface area contributed by atoms with Crippen molar-refractivity contribution in [3.05, 3.63) is 67.6 Å².